The zero-order chi connectivity index (χ0) is 21.4. The number of morpholine rings is 1. The third-order valence-electron chi connectivity index (χ3n) is 6.51. The Balaban J connectivity index is 1.46. The molecule has 5 rings (SSSR count). The summed E-state index contributed by atoms with van der Waals surface area (Å²) in [6.07, 6.45) is 6.65. The number of rotatable bonds is 4. The van der Waals surface area contributed by atoms with E-state index in [-0.39, 0.29) is 24.2 Å². The predicted molar refractivity (Wildman–Crippen MR) is 116 cm³/mol. The molecule has 2 aliphatic heterocycles. The third-order valence-corrected chi connectivity index (χ3v) is 6.51. The molecule has 1 aromatic carbocycles. The van der Waals surface area contributed by atoms with Crippen LogP contribution in [0.4, 0.5) is 0 Å². The lowest BCUT2D eigenvalue weighted by molar-refractivity contribution is -0.0770. The van der Waals surface area contributed by atoms with Crippen molar-refractivity contribution < 1.29 is 14.6 Å². The molecule has 0 aliphatic carbocycles. The van der Waals surface area contributed by atoms with Crippen LogP contribution in [0.5, 0.6) is 0 Å². The van der Waals surface area contributed by atoms with E-state index in [4.69, 9.17) is 4.74 Å². The normalized spacial score (nSPS) is 23.5. The second-order valence-corrected chi connectivity index (χ2v) is 8.53. The van der Waals surface area contributed by atoms with Crippen LogP contribution in [0.25, 0.3) is 5.65 Å². The van der Waals surface area contributed by atoms with E-state index in [9.17, 15) is 9.90 Å². The molecule has 2 aliphatic rings. The molecule has 2 atom stereocenters. The highest BCUT2D eigenvalue weighted by Gasteiger charge is 2.39. The number of amides is 1. The summed E-state index contributed by atoms with van der Waals surface area (Å²) in [7, 11) is 1.93. The highest BCUT2D eigenvalue weighted by Crippen LogP contribution is 2.32. The fourth-order valence-electron chi connectivity index (χ4n) is 4.87. The van der Waals surface area contributed by atoms with Gasteiger partial charge in [0.1, 0.15) is 11.2 Å². The maximum atomic E-state index is 13.7. The van der Waals surface area contributed by atoms with Crippen molar-refractivity contribution >= 4 is 11.6 Å². The van der Waals surface area contributed by atoms with E-state index in [1.54, 1.807) is 10.7 Å². The monoisotopic (exact) mass is 423 g/mol. The van der Waals surface area contributed by atoms with E-state index in [1.807, 2.05) is 47.1 Å². The van der Waals surface area contributed by atoms with E-state index in [1.165, 1.54) is 0 Å². The number of fused-ring (bicyclic) bond motifs is 1. The lowest BCUT2D eigenvalue weighted by atomic mass is 9.96. The van der Waals surface area contributed by atoms with Gasteiger partial charge in [-0.1, -0.05) is 30.3 Å². The molecule has 164 valence electrons. The number of benzene rings is 1. The van der Waals surface area contributed by atoms with Gasteiger partial charge in [0.2, 0.25) is 0 Å². The summed E-state index contributed by atoms with van der Waals surface area (Å²) in [6.45, 7) is 3.49. The molecule has 0 bridgehead atoms. The molecule has 1 amide bonds. The Morgan fingerprint density at radius 2 is 1.94 bits per heavy atom. The summed E-state index contributed by atoms with van der Waals surface area (Å²) in [5.74, 6) is -0.0204. The molecule has 4 heterocycles. The Morgan fingerprint density at radius 1 is 1.16 bits per heavy atom. The molecule has 2 aromatic heterocycles. The number of carbonyl (C=O) groups excluding carboxylic acids is 1. The Bertz CT molecular complexity index is 1040. The van der Waals surface area contributed by atoms with E-state index in [2.05, 4.69) is 22.1 Å². The quantitative estimate of drug-likeness (QED) is 0.692. The Morgan fingerprint density at radius 3 is 2.71 bits per heavy atom. The first-order valence-electron chi connectivity index (χ1n) is 11.0. The van der Waals surface area contributed by atoms with Gasteiger partial charge in [0.25, 0.3) is 5.91 Å². The average molecular weight is 424 g/mol. The number of hydrogen-bond donors (Lipinski definition) is 1. The van der Waals surface area contributed by atoms with Crippen molar-refractivity contribution in [2.75, 3.05) is 32.8 Å². The van der Waals surface area contributed by atoms with Crippen LogP contribution in [-0.4, -0.2) is 80.0 Å². The van der Waals surface area contributed by atoms with Gasteiger partial charge in [-0.25, -0.2) is 4.52 Å². The number of nitrogens with zero attached hydrogens (tertiary/aromatic N) is 5. The van der Waals surface area contributed by atoms with Gasteiger partial charge in [-0.3, -0.25) is 4.79 Å². The molecule has 8 nitrogen and oxygen atoms in total. The fourth-order valence-corrected chi connectivity index (χ4v) is 4.87. The number of aliphatic hydroxyl groups is 1. The van der Waals surface area contributed by atoms with Crippen LogP contribution < -0.4 is 0 Å². The van der Waals surface area contributed by atoms with E-state index < -0.39 is 0 Å². The first-order chi connectivity index (χ1) is 15.1. The van der Waals surface area contributed by atoms with Gasteiger partial charge in [-0.05, 0) is 18.4 Å². The summed E-state index contributed by atoms with van der Waals surface area (Å²) in [5, 5.41) is 14.2. The molecular weight excluding hydrogens is 394 g/mol. The highest BCUT2D eigenvalue weighted by molar-refractivity contribution is 6.00. The minimum absolute atomic E-state index is 0.0204. The van der Waals surface area contributed by atoms with E-state index in [0.717, 1.165) is 43.7 Å². The minimum atomic E-state index is -0.207. The smallest absolute Gasteiger partial charge is 0.259 e. The SMILES string of the molecule is Cn1ccn2ncc(C(=O)N3CCO[C@@H](CN4CCC(O)CC4)[C@@H]3c3ccccc3)c12. The summed E-state index contributed by atoms with van der Waals surface area (Å²) in [4.78, 5) is 18.0. The standard InChI is InChI=1S/C23H29N5O3/c1-25-11-12-28-22(25)19(15-24-28)23(30)27-13-14-31-20(16-26-9-7-18(29)8-10-26)21(27)17-5-3-2-4-6-17/h2-6,11-12,15,18,20-21,29H,7-10,13-14,16H2,1H3/t20-,21-/m0/s1. The molecule has 8 heteroatoms. The van der Waals surface area contributed by atoms with Gasteiger partial charge in [-0.2, -0.15) is 5.10 Å². The van der Waals surface area contributed by atoms with E-state index in [0.29, 0.717) is 18.7 Å². The number of piperidine rings is 1. The zero-order valence-corrected chi connectivity index (χ0v) is 17.8. The van der Waals surface area contributed by atoms with Crippen LogP contribution in [0.3, 0.4) is 0 Å². The molecule has 2 saturated heterocycles. The first-order valence-corrected chi connectivity index (χ1v) is 11.0. The van der Waals surface area contributed by atoms with Crippen LogP contribution in [-0.2, 0) is 11.8 Å². The van der Waals surface area contributed by atoms with Crippen LogP contribution >= 0.6 is 0 Å². The van der Waals surface area contributed by atoms with Crippen LogP contribution in [0.15, 0.2) is 48.9 Å². The van der Waals surface area contributed by atoms with Crippen LogP contribution in [0.2, 0.25) is 0 Å². The maximum absolute atomic E-state index is 13.7. The fraction of sp³-hybridized carbons (Fsp3) is 0.478. The van der Waals surface area contributed by atoms with Gasteiger partial charge in [0, 0.05) is 45.6 Å². The number of hydrogen-bond acceptors (Lipinski definition) is 5. The lowest BCUT2D eigenvalue weighted by Gasteiger charge is -2.43. The van der Waals surface area contributed by atoms with Gasteiger partial charge < -0.3 is 24.2 Å². The molecule has 0 saturated carbocycles. The summed E-state index contributed by atoms with van der Waals surface area (Å²) < 4.78 is 9.91. The topological polar surface area (TPSA) is 75.2 Å². The highest BCUT2D eigenvalue weighted by atomic mass is 16.5. The predicted octanol–water partition coefficient (Wildman–Crippen LogP) is 1.71. The summed E-state index contributed by atoms with van der Waals surface area (Å²) in [5.41, 5.74) is 2.48. The minimum Gasteiger partial charge on any atom is -0.393 e. The summed E-state index contributed by atoms with van der Waals surface area (Å²) in [6, 6.07) is 9.98. The average Bonchev–Trinajstić information content (AvgIpc) is 3.38. The van der Waals surface area contributed by atoms with Crippen molar-refractivity contribution in [2.45, 2.75) is 31.1 Å². The second-order valence-electron chi connectivity index (χ2n) is 8.53. The van der Waals surface area contributed by atoms with Crippen molar-refractivity contribution in [2.24, 2.45) is 7.05 Å². The number of likely N-dealkylation sites (tertiary alicyclic amines) is 1. The molecule has 1 N–H and O–H groups in total. The molecule has 3 aromatic rings. The molecule has 0 spiro atoms. The van der Waals surface area contributed by atoms with Crippen LogP contribution in [0, 0.1) is 0 Å². The maximum Gasteiger partial charge on any atom is 0.259 e. The molecule has 2 fully saturated rings. The Hall–Kier alpha value is -2.68. The zero-order valence-electron chi connectivity index (χ0n) is 17.8. The van der Waals surface area contributed by atoms with Crippen LogP contribution in [0.1, 0.15) is 34.8 Å². The number of imidazole rings is 1. The van der Waals surface area contributed by atoms with Gasteiger partial charge in [0.05, 0.1) is 31.1 Å². The molecular formula is C23H29N5O3. The van der Waals surface area contributed by atoms with Crippen molar-refractivity contribution in [3.05, 3.63) is 60.0 Å². The van der Waals surface area contributed by atoms with Crippen molar-refractivity contribution in [3.63, 3.8) is 0 Å². The third kappa shape index (κ3) is 3.86. The van der Waals surface area contributed by atoms with Gasteiger partial charge in [0.15, 0.2) is 0 Å². The Kier molecular flexibility index (Phi) is 5.52. The number of ether oxygens (including phenoxy) is 1. The van der Waals surface area contributed by atoms with Crippen molar-refractivity contribution in [1.82, 2.24) is 24.0 Å². The first kappa shape index (κ1) is 20.2. The van der Waals surface area contributed by atoms with Crippen molar-refractivity contribution in [1.29, 1.82) is 0 Å². The number of aromatic nitrogens is 3. The summed E-state index contributed by atoms with van der Waals surface area (Å²) >= 11 is 0. The Labute approximate surface area is 181 Å². The lowest BCUT2D eigenvalue weighted by Crippen LogP contribution is -2.52. The molecule has 0 unspecified atom stereocenters. The van der Waals surface area contributed by atoms with E-state index >= 15 is 0 Å². The number of carbonyl (C=O) groups is 1. The molecule has 31 heavy (non-hydrogen) atoms. The van der Waals surface area contributed by atoms with Gasteiger partial charge in [-0.15, -0.1) is 0 Å². The largest absolute Gasteiger partial charge is 0.393 e. The molecule has 0 radical (unpaired) electrons. The second kappa shape index (κ2) is 8.45. The van der Waals surface area contributed by atoms with Crippen molar-refractivity contribution in [3.8, 4) is 0 Å². The van der Waals surface area contributed by atoms with Gasteiger partial charge >= 0.3 is 0 Å². The number of aliphatic hydroxyl groups excluding tert-OH is 1. The number of aryl methyl sites for hydroxylation is 1.